The standard InChI is InChI=1S/C16H29N3O3.C10H11F.C8H10/c1-16(2,3)19-6-5-13(11-19)15(21)18-9-7-17(8-10-18)12-14(20)22-4;1-7-5-8-3-2-4-9(8)6-10(7)11;1-7-4-3-5-8(2)6-7/h13H,5-12H2,1-4H3;5-6H,2-4H2,1H3;3-6H,1-2H3. The summed E-state index contributed by atoms with van der Waals surface area (Å²) in [7, 11) is 1.41. The largest absolute Gasteiger partial charge is 0.468 e. The number of piperazine rings is 1. The molecule has 6 nitrogen and oxygen atoms in total. The number of esters is 1. The summed E-state index contributed by atoms with van der Waals surface area (Å²) in [6, 6.07) is 12.1. The van der Waals surface area contributed by atoms with Crippen molar-refractivity contribution >= 4 is 11.9 Å². The van der Waals surface area contributed by atoms with Gasteiger partial charge in [-0.2, -0.15) is 0 Å². The number of nitrogens with zero attached hydrogens (tertiary/aromatic N) is 3. The van der Waals surface area contributed by atoms with E-state index in [1.54, 1.807) is 6.07 Å². The first kappa shape index (κ1) is 32.7. The Kier molecular flexibility index (Phi) is 11.9. The van der Waals surface area contributed by atoms with E-state index < -0.39 is 0 Å². The van der Waals surface area contributed by atoms with Gasteiger partial charge in [0.05, 0.1) is 19.6 Å². The molecule has 0 N–H and O–H groups in total. The van der Waals surface area contributed by atoms with Gasteiger partial charge in [0, 0.05) is 38.3 Å². The summed E-state index contributed by atoms with van der Waals surface area (Å²) in [5.74, 6) is 0.151. The Balaban J connectivity index is 0.000000199. The van der Waals surface area contributed by atoms with Crippen LogP contribution in [-0.2, 0) is 27.2 Å². The van der Waals surface area contributed by atoms with Gasteiger partial charge in [-0.15, -0.1) is 0 Å². The number of ether oxygens (including phenoxy) is 1. The van der Waals surface area contributed by atoms with E-state index in [1.165, 1.54) is 35.8 Å². The van der Waals surface area contributed by atoms with Crippen LogP contribution in [0.5, 0.6) is 0 Å². The molecule has 2 heterocycles. The number of hydrogen-bond acceptors (Lipinski definition) is 5. The summed E-state index contributed by atoms with van der Waals surface area (Å²) in [6.07, 6.45) is 4.35. The number of aryl methyl sites for hydroxylation is 5. The third kappa shape index (κ3) is 9.93. The molecule has 0 aromatic heterocycles. The molecule has 2 aromatic rings. The van der Waals surface area contributed by atoms with Crippen molar-refractivity contribution in [1.82, 2.24) is 14.7 Å². The van der Waals surface area contributed by atoms with Crippen molar-refractivity contribution in [3.8, 4) is 0 Å². The number of fused-ring (bicyclic) bond motifs is 1. The van der Waals surface area contributed by atoms with Gasteiger partial charge in [-0.3, -0.25) is 19.4 Å². The SMILES string of the molecule is COC(=O)CN1CCN(C(=O)C2CCN(C(C)(C)C)C2)CC1.Cc1cc2c(cc1F)CCC2.Cc1cccc(C)c1. The maximum atomic E-state index is 13.0. The molecular formula is C34H50FN3O3. The van der Waals surface area contributed by atoms with E-state index in [-0.39, 0.29) is 29.2 Å². The number of hydrogen-bond donors (Lipinski definition) is 0. The average molecular weight is 568 g/mol. The van der Waals surface area contributed by atoms with Crippen molar-refractivity contribution < 1.29 is 18.7 Å². The van der Waals surface area contributed by atoms with Gasteiger partial charge >= 0.3 is 5.97 Å². The van der Waals surface area contributed by atoms with Crippen LogP contribution in [-0.4, -0.2) is 85.0 Å². The van der Waals surface area contributed by atoms with Gasteiger partial charge in [-0.25, -0.2) is 4.39 Å². The molecule has 0 saturated carbocycles. The molecule has 0 bridgehead atoms. The van der Waals surface area contributed by atoms with E-state index in [0.29, 0.717) is 19.6 Å². The Morgan fingerprint density at radius 3 is 2.05 bits per heavy atom. The molecule has 2 aromatic carbocycles. The third-order valence-corrected chi connectivity index (χ3v) is 8.30. The van der Waals surface area contributed by atoms with Crippen LogP contribution < -0.4 is 0 Å². The van der Waals surface area contributed by atoms with Crippen LogP contribution in [0.25, 0.3) is 0 Å². The quantitative estimate of drug-likeness (QED) is 0.468. The monoisotopic (exact) mass is 567 g/mol. The summed E-state index contributed by atoms with van der Waals surface area (Å²) >= 11 is 0. The maximum Gasteiger partial charge on any atom is 0.319 e. The van der Waals surface area contributed by atoms with Crippen LogP contribution in [0.15, 0.2) is 36.4 Å². The Bertz CT molecular complexity index is 1120. The first-order valence-electron chi connectivity index (χ1n) is 15.0. The van der Waals surface area contributed by atoms with Crippen LogP contribution >= 0.6 is 0 Å². The molecule has 1 unspecified atom stereocenters. The van der Waals surface area contributed by atoms with Gasteiger partial charge in [0.15, 0.2) is 0 Å². The molecule has 1 amide bonds. The fraction of sp³-hybridized carbons (Fsp3) is 0.588. The average Bonchev–Trinajstić information content (AvgIpc) is 3.60. The zero-order valence-corrected chi connectivity index (χ0v) is 26.3. The molecule has 0 radical (unpaired) electrons. The zero-order chi connectivity index (χ0) is 30.2. The highest BCUT2D eigenvalue weighted by molar-refractivity contribution is 5.79. The lowest BCUT2D eigenvalue weighted by molar-refractivity contribution is -0.143. The fourth-order valence-corrected chi connectivity index (χ4v) is 5.73. The van der Waals surface area contributed by atoms with E-state index in [1.807, 2.05) is 22.8 Å². The van der Waals surface area contributed by atoms with Crippen LogP contribution in [0, 0.1) is 32.5 Å². The lowest BCUT2D eigenvalue weighted by Crippen LogP contribution is -2.52. The summed E-state index contributed by atoms with van der Waals surface area (Å²) in [4.78, 5) is 30.3. The normalized spacial score (nSPS) is 19.0. The number of carbonyl (C=O) groups is 2. The molecule has 2 aliphatic heterocycles. The molecular weight excluding hydrogens is 517 g/mol. The predicted molar refractivity (Wildman–Crippen MR) is 164 cm³/mol. The van der Waals surface area contributed by atoms with Crippen molar-refractivity contribution in [2.45, 2.75) is 72.8 Å². The van der Waals surface area contributed by atoms with Crippen LogP contribution in [0.4, 0.5) is 4.39 Å². The summed E-state index contributed by atoms with van der Waals surface area (Å²) in [5, 5.41) is 0. The van der Waals surface area contributed by atoms with Crippen LogP contribution in [0.3, 0.4) is 0 Å². The maximum absolute atomic E-state index is 13.0. The highest BCUT2D eigenvalue weighted by Gasteiger charge is 2.36. The van der Waals surface area contributed by atoms with Gasteiger partial charge < -0.3 is 9.64 Å². The zero-order valence-electron chi connectivity index (χ0n) is 26.3. The second-order valence-electron chi connectivity index (χ2n) is 12.7. The minimum Gasteiger partial charge on any atom is -0.468 e. The first-order valence-corrected chi connectivity index (χ1v) is 15.0. The lowest BCUT2D eigenvalue weighted by atomic mass is 10.1. The number of carbonyl (C=O) groups excluding carboxylic acids is 2. The number of halogens is 1. The van der Waals surface area contributed by atoms with Gasteiger partial charge in [0.2, 0.25) is 5.91 Å². The summed E-state index contributed by atoms with van der Waals surface area (Å²) in [5.41, 5.74) is 6.16. The van der Waals surface area contributed by atoms with Gasteiger partial charge in [-0.1, -0.05) is 41.5 Å². The smallest absolute Gasteiger partial charge is 0.319 e. The minimum absolute atomic E-state index is 0.0503. The van der Waals surface area contributed by atoms with Crippen molar-refractivity contribution in [3.63, 3.8) is 0 Å². The van der Waals surface area contributed by atoms with Gasteiger partial charge in [-0.05, 0) is 96.5 Å². The number of methoxy groups -OCH3 is 1. The minimum atomic E-state index is -0.212. The van der Waals surface area contributed by atoms with E-state index >= 15 is 0 Å². The van der Waals surface area contributed by atoms with E-state index in [0.717, 1.165) is 51.0 Å². The van der Waals surface area contributed by atoms with Crippen molar-refractivity contribution in [1.29, 1.82) is 0 Å². The molecule has 0 spiro atoms. The van der Waals surface area contributed by atoms with Crippen molar-refractivity contribution in [2.75, 3.05) is 52.9 Å². The number of benzene rings is 2. The van der Waals surface area contributed by atoms with Gasteiger partial charge in [0.1, 0.15) is 5.82 Å². The third-order valence-electron chi connectivity index (χ3n) is 8.30. The fourth-order valence-electron chi connectivity index (χ4n) is 5.73. The highest BCUT2D eigenvalue weighted by Crippen LogP contribution is 2.26. The topological polar surface area (TPSA) is 53.1 Å². The number of rotatable bonds is 3. The molecule has 7 heteroatoms. The lowest BCUT2D eigenvalue weighted by Gasteiger charge is -2.36. The van der Waals surface area contributed by atoms with Crippen molar-refractivity contribution in [3.05, 3.63) is 70.0 Å². The van der Waals surface area contributed by atoms with Gasteiger partial charge in [0.25, 0.3) is 0 Å². The Morgan fingerprint density at radius 2 is 1.54 bits per heavy atom. The predicted octanol–water partition coefficient (Wildman–Crippen LogP) is 5.35. The molecule has 3 aliphatic rings. The first-order chi connectivity index (χ1) is 19.4. The summed E-state index contributed by atoms with van der Waals surface area (Å²) in [6.45, 7) is 17.7. The van der Waals surface area contributed by atoms with Crippen LogP contribution in [0.2, 0.25) is 0 Å². The second-order valence-corrected chi connectivity index (χ2v) is 12.7. The molecule has 1 aliphatic carbocycles. The number of amides is 1. The van der Waals surface area contributed by atoms with Crippen LogP contribution in [0.1, 0.15) is 61.4 Å². The molecule has 2 fully saturated rings. The van der Waals surface area contributed by atoms with E-state index in [9.17, 15) is 14.0 Å². The number of likely N-dealkylation sites (tertiary alicyclic amines) is 1. The Hall–Kier alpha value is -2.77. The second kappa shape index (κ2) is 14.9. The summed E-state index contributed by atoms with van der Waals surface area (Å²) < 4.78 is 17.7. The molecule has 1 atom stereocenters. The highest BCUT2D eigenvalue weighted by atomic mass is 19.1. The Labute approximate surface area is 246 Å². The molecule has 41 heavy (non-hydrogen) atoms. The van der Waals surface area contributed by atoms with E-state index in [4.69, 9.17) is 0 Å². The molecule has 5 rings (SSSR count). The van der Waals surface area contributed by atoms with E-state index in [2.05, 4.69) is 68.5 Å². The molecule has 226 valence electrons. The van der Waals surface area contributed by atoms with Crippen molar-refractivity contribution in [2.24, 2.45) is 5.92 Å². The molecule has 2 saturated heterocycles. The Morgan fingerprint density at radius 1 is 0.927 bits per heavy atom.